The standard InChI is InChI=1S/C22H19IN2O6S/c1-24-20(26)14(21(27)25(2)22(24)32)6-13-7-15(23)19(18(9-13)28-3)29-10-12-4-5-16-17(8-12)31-11-30-16/h4-9H,10-11H2,1-3H3. The predicted molar refractivity (Wildman–Crippen MR) is 129 cm³/mol. The Morgan fingerprint density at radius 1 is 1.09 bits per heavy atom. The van der Waals surface area contributed by atoms with Gasteiger partial charge in [-0.05, 0) is 76.3 Å². The number of hydrogen-bond acceptors (Lipinski definition) is 7. The van der Waals surface area contributed by atoms with E-state index >= 15 is 0 Å². The molecular weight excluding hydrogens is 547 g/mol. The number of carbonyl (C=O) groups excluding carboxylic acids is 2. The molecule has 2 aliphatic rings. The SMILES string of the molecule is COc1cc(C=C2C(=O)N(C)C(=S)N(C)C2=O)cc(I)c1OCc1ccc2c(c1)OCO2. The first-order valence-corrected chi connectivity index (χ1v) is 11.0. The molecule has 0 aliphatic carbocycles. The van der Waals surface area contributed by atoms with Crippen LogP contribution in [-0.4, -0.2) is 54.7 Å². The van der Waals surface area contributed by atoms with Crippen molar-refractivity contribution in [1.82, 2.24) is 9.80 Å². The highest BCUT2D eigenvalue weighted by atomic mass is 127. The lowest BCUT2D eigenvalue weighted by Crippen LogP contribution is -2.52. The van der Waals surface area contributed by atoms with Crippen LogP contribution in [-0.2, 0) is 16.2 Å². The summed E-state index contributed by atoms with van der Waals surface area (Å²) in [4.78, 5) is 27.7. The molecule has 32 heavy (non-hydrogen) atoms. The molecule has 8 nitrogen and oxygen atoms in total. The number of nitrogens with zero attached hydrogens (tertiary/aromatic N) is 2. The second-order valence-electron chi connectivity index (χ2n) is 7.08. The Morgan fingerprint density at radius 3 is 2.47 bits per heavy atom. The van der Waals surface area contributed by atoms with Crippen LogP contribution in [0.4, 0.5) is 0 Å². The van der Waals surface area contributed by atoms with Gasteiger partial charge < -0.3 is 18.9 Å². The summed E-state index contributed by atoms with van der Waals surface area (Å²) in [5, 5.41) is 0.163. The summed E-state index contributed by atoms with van der Waals surface area (Å²) in [5.74, 6) is 1.54. The first-order valence-electron chi connectivity index (χ1n) is 9.50. The van der Waals surface area contributed by atoms with Crippen LogP contribution in [0, 0.1) is 3.57 Å². The Morgan fingerprint density at radius 2 is 1.78 bits per heavy atom. The van der Waals surface area contributed by atoms with Crippen molar-refractivity contribution >= 4 is 57.8 Å². The fourth-order valence-electron chi connectivity index (χ4n) is 3.29. The van der Waals surface area contributed by atoms with E-state index in [-0.39, 0.29) is 17.5 Å². The first-order chi connectivity index (χ1) is 15.3. The van der Waals surface area contributed by atoms with Gasteiger partial charge in [-0.15, -0.1) is 0 Å². The van der Waals surface area contributed by atoms with Crippen LogP contribution < -0.4 is 18.9 Å². The fraction of sp³-hybridized carbons (Fsp3) is 0.227. The second kappa shape index (κ2) is 8.94. The van der Waals surface area contributed by atoms with Crippen LogP contribution in [0.5, 0.6) is 23.0 Å². The zero-order valence-corrected chi connectivity index (χ0v) is 20.5. The van der Waals surface area contributed by atoms with Crippen molar-refractivity contribution in [1.29, 1.82) is 0 Å². The summed E-state index contributed by atoms with van der Waals surface area (Å²) >= 11 is 7.26. The molecule has 2 aromatic rings. The molecule has 10 heteroatoms. The molecule has 4 rings (SSSR count). The molecule has 0 aromatic heterocycles. The quantitative estimate of drug-likeness (QED) is 0.238. The summed E-state index contributed by atoms with van der Waals surface area (Å²) in [7, 11) is 4.62. The minimum atomic E-state index is -0.449. The highest BCUT2D eigenvalue weighted by Crippen LogP contribution is 2.37. The zero-order chi connectivity index (χ0) is 23.0. The van der Waals surface area contributed by atoms with Crippen molar-refractivity contribution in [3.8, 4) is 23.0 Å². The summed E-state index contributed by atoms with van der Waals surface area (Å²) in [6, 6.07) is 9.16. The molecule has 166 valence electrons. The average molecular weight is 566 g/mol. The van der Waals surface area contributed by atoms with Crippen LogP contribution in [0.25, 0.3) is 6.08 Å². The third kappa shape index (κ3) is 4.11. The Balaban J connectivity index is 1.59. The number of ether oxygens (including phenoxy) is 4. The summed E-state index contributed by atoms with van der Waals surface area (Å²) in [6.45, 7) is 0.512. The highest BCUT2D eigenvalue weighted by molar-refractivity contribution is 14.1. The van der Waals surface area contributed by atoms with Gasteiger partial charge in [0, 0.05) is 14.1 Å². The lowest BCUT2D eigenvalue weighted by molar-refractivity contribution is -0.132. The van der Waals surface area contributed by atoms with Gasteiger partial charge in [-0.25, -0.2) is 0 Å². The van der Waals surface area contributed by atoms with Crippen molar-refractivity contribution in [2.24, 2.45) is 0 Å². The monoisotopic (exact) mass is 566 g/mol. The molecule has 0 radical (unpaired) electrons. The summed E-state index contributed by atoms with van der Waals surface area (Å²) in [5.41, 5.74) is 1.57. The number of amides is 2. The number of methoxy groups -OCH3 is 1. The largest absolute Gasteiger partial charge is 0.493 e. The van der Waals surface area contributed by atoms with Crippen LogP contribution >= 0.6 is 34.8 Å². The molecule has 0 spiro atoms. The molecule has 0 unspecified atom stereocenters. The molecule has 2 aromatic carbocycles. The first kappa shape index (κ1) is 22.3. The van der Waals surface area contributed by atoms with Crippen molar-refractivity contribution in [3.63, 3.8) is 0 Å². The molecule has 2 aliphatic heterocycles. The molecule has 1 fully saturated rings. The Kier molecular flexibility index (Phi) is 6.24. The number of rotatable bonds is 5. The van der Waals surface area contributed by atoms with E-state index in [0.29, 0.717) is 35.2 Å². The van der Waals surface area contributed by atoms with E-state index in [9.17, 15) is 9.59 Å². The smallest absolute Gasteiger partial charge is 0.265 e. The molecular formula is C22H19IN2O6S. The van der Waals surface area contributed by atoms with Crippen LogP contribution in [0.1, 0.15) is 11.1 Å². The molecule has 0 atom stereocenters. The number of fused-ring (bicyclic) bond motifs is 1. The van der Waals surface area contributed by atoms with Gasteiger partial charge in [0.15, 0.2) is 28.1 Å². The molecule has 0 N–H and O–H groups in total. The van der Waals surface area contributed by atoms with Gasteiger partial charge in [-0.1, -0.05) is 6.07 Å². The number of benzene rings is 2. The number of halogens is 1. The molecule has 2 amide bonds. The lowest BCUT2D eigenvalue weighted by Gasteiger charge is -2.31. The molecule has 0 bridgehead atoms. The maximum absolute atomic E-state index is 12.6. The highest BCUT2D eigenvalue weighted by Gasteiger charge is 2.35. The van der Waals surface area contributed by atoms with E-state index in [0.717, 1.165) is 9.13 Å². The lowest BCUT2D eigenvalue weighted by atomic mass is 10.1. The third-order valence-electron chi connectivity index (χ3n) is 5.03. The van der Waals surface area contributed by atoms with Crippen molar-refractivity contribution < 1.29 is 28.5 Å². The van der Waals surface area contributed by atoms with Gasteiger partial charge >= 0.3 is 0 Å². The minimum Gasteiger partial charge on any atom is -0.493 e. The molecule has 1 saturated heterocycles. The summed E-state index contributed by atoms with van der Waals surface area (Å²) in [6.07, 6.45) is 1.53. The summed E-state index contributed by atoms with van der Waals surface area (Å²) < 4.78 is 23.0. The second-order valence-corrected chi connectivity index (χ2v) is 8.61. The van der Waals surface area contributed by atoms with Gasteiger partial charge in [0.1, 0.15) is 12.2 Å². The van der Waals surface area contributed by atoms with Gasteiger partial charge in [0.2, 0.25) is 6.79 Å². The van der Waals surface area contributed by atoms with Gasteiger partial charge in [-0.2, -0.15) is 0 Å². The van der Waals surface area contributed by atoms with Crippen molar-refractivity contribution in [3.05, 3.63) is 50.6 Å². The molecule has 2 heterocycles. The number of carbonyl (C=O) groups is 2. The number of likely N-dealkylation sites (N-methyl/N-ethyl adjacent to an activating group) is 2. The van der Waals surface area contributed by atoms with E-state index in [1.165, 1.54) is 23.0 Å². The van der Waals surface area contributed by atoms with E-state index in [1.54, 1.807) is 20.2 Å². The fourth-order valence-corrected chi connectivity index (χ4v) is 4.24. The molecule has 0 saturated carbocycles. The Labute approximate surface area is 203 Å². The van der Waals surface area contributed by atoms with E-state index < -0.39 is 11.8 Å². The topological polar surface area (TPSA) is 77.5 Å². The predicted octanol–water partition coefficient (Wildman–Crippen LogP) is 3.21. The van der Waals surface area contributed by atoms with Crippen LogP contribution in [0.15, 0.2) is 35.9 Å². The van der Waals surface area contributed by atoms with E-state index in [1.807, 2.05) is 24.3 Å². The zero-order valence-electron chi connectivity index (χ0n) is 17.5. The Bertz CT molecular complexity index is 1140. The van der Waals surface area contributed by atoms with Crippen LogP contribution in [0.2, 0.25) is 0 Å². The van der Waals surface area contributed by atoms with Crippen LogP contribution in [0.3, 0.4) is 0 Å². The maximum Gasteiger partial charge on any atom is 0.265 e. The van der Waals surface area contributed by atoms with E-state index in [4.69, 9.17) is 31.2 Å². The third-order valence-corrected chi connectivity index (χ3v) is 6.38. The normalized spacial score (nSPS) is 15.4. The van der Waals surface area contributed by atoms with Crippen molar-refractivity contribution in [2.45, 2.75) is 6.61 Å². The number of thiocarbonyl (C=S) groups is 1. The average Bonchev–Trinajstić information content (AvgIpc) is 3.26. The Hall–Kier alpha value is -2.86. The van der Waals surface area contributed by atoms with Gasteiger partial charge in [0.05, 0.1) is 10.7 Å². The maximum atomic E-state index is 12.6. The van der Waals surface area contributed by atoms with Gasteiger partial charge in [-0.3, -0.25) is 19.4 Å². The van der Waals surface area contributed by atoms with Crippen molar-refractivity contribution in [2.75, 3.05) is 28.0 Å². The number of hydrogen-bond donors (Lipinski definition) is 0. The minimum absolute atomic E-state index is 0.0236. The van der Waals surface area contributed by atoms with Gasteiger partial charge in [0.25, 0.3) is 11.8 Å². The van der Waals surface area contributed by atoms with E-state index in [2.05, 4.69) is 22.6 Å².